The Labute approximate surface area is 148 Å². The largest absolute Gasteiger partial charge is 0.363 e. The Balaban J connectivity index is 1.47. The van der Waals surface area contributed by atoms with Crippen LogP contribution in [0.3, 0.4) is 0 Å². The number of nitrogens with zero attached hydrogens (tertiary/aromatic N) is 7. The van der Waals surface area contributed by atoms with E-state index in [-0.39, 0.29) is 0 Å². The second-order valence-electron chi connectivity index (χ2n) is 7.37. The summed E-state index contributed by atoms with van der Waals surface area (Å²) >= 11 is 0. The van der Waals surface area contributed by atoms with Gasteiger partial charge >= 0.3 is 0 Å². The quantitative estimate of drug-likeness (QED) is 0.840. The van der Waals surface area contributed by atoms with Crippen LogP contribution in [-0.4, -0.2) is 60.2 Å². The molecule has 25 heavy (non-hydrogen) atoms. The molecule has 2 saturated heterocycles. The molecule has 7 nitrogen and oxygen atoms in total. The lowest BCUT2D eigenvalue weighted by Gasteiger charge is -2.24. The Morgan fingerprint density at radius 3 is 2.20 bits per heavy atom. The fourth-order valence-corrected chi connectivity index (χ4v) is 3.95. The minimum Gasteiger partial charge on any atom is -0.363 e. The number of aryl methyl sites for hydroxylation is 1. The maximum absolute atomic E-state index is 4.53. The van der Waals surface area contributed by atoms with Crippen LogP contribution in [0.25, 0.3) is 0 Å². The molecule has 0 saturated carbocycles. The molecule has 4 rings (SSSR count). The van der Waals surface area contributed by atoms with E-state index in [1.54, 1.807) is 12.7 Å². The first kappa shape index (κ1) is 16.1. The van der Waals surface area contributed by atoms with Gasteiger partial charge in [0.1, 0.15) is 30.1 Å². The average molecular weight is 339 g/mol. The van der Waals surface area contributed by atoms with Gasteiger partial charge in [0.2, 0.25) is 0 Å². The van der Waals surface area contributed by atoms with Crippen LogP contribution >= 0.6 is 0 Å². The lowest BCUT2D eigenvalue weighted by Crippen LogP contribution is -2.30. The summed E-state index contributed by atoms with van der Waals surface area (Å²) in [6.07, 6.45) is 3.35. The van der Waals surface area contributed by atoms with Crippen molar-refractivity contribution in [3.63, 3.8) is 0 Å². The summed E-state index contributed by atoms with van der Waals surface area (Å²) in [5.41, 5.74) is 2.27. The normalized spacial score (nSPS) is 22.4. The first-order valence-corrected chi connectivity index (χ1v) is 8.80. The molecule has 2 aliphatic rings. The predicted octanol–water partition coefficient (Wildman–Crippen LogP) is 1.52. The van der Waals surface area contributed by atoms with Gasteiger partial charge in [-0.05, 0) is 13.8 Å². The lowest BCUT2D eigenvalue weighted by atomic mass is 10.0. The van der Waals surface area contributed by atoms with E-state index in [1.807, 2.05) is 19.0 Å². The number of fused-ring (bicyclic) bond motifs is 1. The van der Waals surface area contributed by atoms with Crippen molar-refractivity contribution in [1.82, 2.24) is 19.9 Å². The van der Waals surface area contributed by atoms with E-state index in [9.17, 15) is 0 Å². The monoisotopic (exact) mass is 339 g/mol. The molecule has 2 fully saturated rings. The minimum absolute atomic E-state index is 0.660. The zero-order chi connectivity index (χ0) is 17.6. The first-order valence-electron chi connectivity index (χ1n) is 8.80. The molecule has 0 spiro atoms. The summed E-state index contributed by atoms with van der Waals surface area (Å²) in [7, 11) is 4.02. The number of hydrogen-bond acceptors (Lipinski definition) is 7. The zero-order valence-corrected chi connectivity index (χ0v) is 15.3. The highest BCUT2D eigenvalue weighted by molar-refractivity contribution is 5.52. The molecule has 0 aliphatic carbocycles. The van der Waals surface area contributed by atoms with Crippen molar-refractivity contribution in [2.24, 2.45) is 11.8 Å². The molecule has 0 N–H and O–H groups in total. The van der Waals surface area contributed by atoms with E-state index in [0.717, 1.165) is 49.3 Å². The smallest absolute Gasteiger partial charge is 0.135 e. The lowest BCUT2D eigenvalue weighted by molar-refractivity contribution is 0.533. The number of rotatable bonds is 3. The Morgan fingerprint density at radius 1 is 0.880 bits per heavy atom. The minimum atomic E-state index is 0.660. The molecule has 2 aromatic heterocycles. The Hall–Kier alpha value is -2.44. The van der Waals surface area contributed by atoms with E-state index in [1.165, 1.54) is 5.56 Å². The molecule has 132 valence electrons. The van der Waals surface area contributed by atoms with Gasteiger partial charge in [0.25, 0.3) is 0 Å². The van der Waals surface area contributed by atoms with Crippen molar-refractivity contribution in [2.45, 2.75) is 13.8 Å². The van der Waals surface area contributed by atoms with Crippen LogP contribution in [0.4, 0.5) is 17.5 Å². The maximum Gasteiger partial charge on any atom is 0.135 e. The molecule has 2 aromatic rings. The average Bonchev–Trinajstić information content (AvgIpc) is 3.16. The van der Waals surface area contributed by atoms with Crippen LogP contribution in [0.1, 0.15) is 11.3 Å². The van der Waals surface area contributed by atoms with Crippen LogP contribution in [-0.2, 0) is 0 Å². The predicted molar refractivity (Wildman–Crippen MR) is 99.3 cm³/mol. The van der Waals surface area contributed by atoms with Gasteiger partial charge in [-0.2, -0.15) is 0 Å². The van der Waals surface area contributed by atoms with Crippen molar-refractivity contribution in [3.05, 3.63) is 30.0 Å². The SMILES string of the molecule is Cc1ncnc(N2CC3CN(c4cc(N(C)C)ncn4)CC3C2)c1C. The molecule has 0 radical (unpaired) electrons. The maximum atomic E-state index is 4.53. The van der Waals surface area contributed by atoms with Crippen LogP contribution in [0.2, 0.25) is 0 Å². The van der Waals surface area contributed by atoms with Crippen molar-refractivity contribution < 1.29 is 0 Å². The summed E-state index contributed by atoms with van der Waals surface area (Å²) in [5.74, 6) is 4.41. The first-order chi connectivity index (χ1) is 12.0. The Kier molecular flexibility index (Phi) is 3.94. The highest BCUT2D eigenvalue weighted by Crippen LogP contribution is 2.36. The molecule has 2 unspecified atom stereocenters. The van der Waals surface area contributed by atoms with E-state index >= 15 is 0 Å². The second-order valence-corrected chi connectivity index (χ2v) is 7.37. The van der Waals surface area contributed by atoms with E-state index < -0.39 is 0 Å². The molecule has 7 heteroatoms. The Bertz CT molecular complexity index is 762. The molecular weight excluding hydrogens is 314 g/mol. The molecule has 4 heterocycles. The van der Waals surface area contributed by atoms with Gasteiger partial charge in [-0.1, -0.05) is 0 Å². The van der Waals surface area contributed by atoms with Crippen molar-refractivity contribution in [3.8, 4) is 0 Å². The summed E-state index contributed by atoms with van der Waals surface area (Å²) < 4.78 is 0. The molecule has 0 aromatic carbocycles. The number of hydrogen-bond donors (Lipinski definition) is 0. The van der Waals surface area contributed by atoms with Crippen LogP contribution in [0, 0.1) is 25.7 Å². The topological polar surface area (TPSA) is 61.3 Å². The Morgan fingerprint density at radius 2 is 1.52 bits per heavy atom. The fourth-order valence-electron chi connectivity index (χ4n) is 3.95. The van der Waals surface area contributed by atoms with Gasteiger partial charge in [0, 0.05) is 69.4 Å². The third kappa shape index (κ3) is 2.88. The summed E-state index contributed by atoms with van der Waals surface area (Å²) in [5, 5.41) is 0. The van der Waals surface area contributed by atoms with Crippen LogP contribution in [0.5, 0.6) is 0 Å². The molecular formula is C18H25N7. The summed E-state index contributed by atoms with van der Waals surface area (Å²) in [6.45, 7) is 8.39. The molecule has 0 amide bonds. The van der Waals surface area contributed by atoms with Gasteiger partial charge in [-0.25, -0.2) is 19.9 Å². The van der Waals surface area contributed by atoms with Crippen molar-refractivity contribution in [1.29, 1.82) is 0 Å². The van der Waals surface area contributed by atoms with Gasteiger partial charge in [-0.3, -0.25) is 0 Å². The number of aromatic nitrogens is 4. The summed E-state index contributed by atoms with van der Waals surface area (Å²) in [6, 6.07) is 2.08. The van der Waals surface area contributed by atoms with Crippen LogP contribution < -0.4 is 14.7 Å². The van der Waals surface area contributed by atoms with E-state index in [4.69, 9.17) is 0 Å². The number of anilines is 3. The molecule has 0 bridgehead atoms. The van der Waals surface area contributed by atoms with E-state index in [0.29, 0.717) is 11.8 Å². The standard InChI is InChI=1S/C18H25N7/c1-12-13(2)19-10-22-18(12)25-8-14-6-24(7-15(14)9-25)17-5-16(23(3)4)20-11-21-17/h5,10-11,14-15H,6-9H2,1-4H3. The zero-order valence-electron chi connectivity index (χ0n) is 15.3. The third-order valence-electron chi connectivity index (χ3n) is 5.52. The molecule has 2 atom stereocenters. The highest BCUT2D eigenvalue weighted by Gasteiger charge is 2.41. The molecule has 2 aliphatic heterocycles. The van der Waals surface area contributed by atoms with Gasteiger partial charge in [0.05, 0.1) is 0 Å². The van der Waals surface area contributed by atoms with E-state index in [2.05, 4.69) is 49.6 Å². The van der Waals surface area contributed by atoms with Crippen LogP contribution in [0.15, 0.2) is 18.7 Å². The van der Waals surface area contributed by atoms with Gasteiger partial charge in [-0.15, -0.1) is 0 Å². The highest BCUT2D eigenvalue weighted by atomic mass is 15.3. The third-order valence-corrected chi connectivity index (χ3v) is 5.52. The second kappa shape index (κ2) is 6.13. The van der Waals surface area contributed by atoms with Crippen molar-refractivity contribution in [2.75, 3.05) is 55.0 Å². The van der Waals surface area contributed by atoms with Crippen molar-refractivity contribution >= 4 is 17.5 Å². The summed E-state index contributed by atoms with van der Waals surface area (Å²) in [4.78, 5) is 24.5. The fraction of sp³-hybridized carbons (Fsp3) is 0.556. The van der Waals surface area contributed by atoms with Gasteiger partial charge < -0.3 is 14.7 Å². The van der Waals surface area contributed by atoms with Gasteiger partial charge in [0.15, 0.2) is 0 Å².